The van der Waals surface area contributed by atoms with E-state index in [1.54, 1.807) is 0 Å². The van der Waals surface area contributed by atoms with Crippen molar-refractivity contribution in [3.8, 4) is 0 Å². The topological polar surface area (TPSA) is 29.3 Å². The van der Waals surface area contributed by atoms with Crippen LogP contribution in [-0.4, -0.2) is 18.6 Å². The Balaban J connectivity index is 2.04. The van der Waals surface area contributed by atoms with Crippen molar-refractivity contribution < 1.29 is 0 Å². The fourth-order valence-corrected chi connectivity index (χ4v) is 2.19. The zero-order valence-electron chi connectivity index (χ0n) is 9.45. The molecule has 15 heavy (non-hydrogen) atoms. The molecule has 1 saturated carbocycles. The Morgan fingerprint density at radius 3 is 2.40 bits per heavy atom. The Hall–Kier alpha value is -1.02. The second-order valence-corrected chi connectivity index (χ2v) is 4.57. The van der Waals surface area contributed by atoms with Crippen LogP contribution in [0.3, 0.4) is 0 Å². The lowest BCUT2D eigenvalue weighted by atomic mass is 9.77. The third-order valence-corrected chi connectivity index (χ3v) is 3.36. The number of likely N-dealkylation sites (N-methyl/N-ethyl adjacent to an activating group) is 1. The molecule has 1 aliphatic rings. The molecule has 0 bridgehead atoms. The van der Waals surface area contributed by atoms with Crippen LogP contribution < -0.4 is 10.6 Å². The molecule has 2 nitrogen and oxygen atoms in total. The van der Waals surface area contributed by atoms with Gasteiger partial charge >= 0.3 is 0 Å². The summed E-state index contributed by atoms with van der Waals surface area (Å²) in [7, 11) is 0. The highest BCUT2D eigenvalue weighted by molar-refractivity contribution is 5.46. The Labute approximate surface area is 92.1 Å². The van der Waals surface area contributed by atoms with Gasteiger partial charge < -0.3 is 10.6 Å². The molecule has 0 spiro atoms. The first kappa shape index (κ1) is 10.5. The van der Waals surface area contributed by atoms with Crippen molar-refractivity contribution in [2.45, 2.75) is 31.7 Å². The van der Waals surface area contributed by atoms with Gasteiger partial charge in [-0.3, -0.25) is 0 Å². The molecule has 0 aromatic heterocycles. The minimum atomic E-state index is 0.0752. The molecular formula is C13H20N2. The van der Waals surface area contributed by atoms with Crippen molar-refractivity contribution in [1.29, 1.82) is 0 Å². The summed E-state index contributed by atoms with van der Waals surface area (Å²) in [4.78, 5) is 2.37. The maximum absolute atomic E-state index is 6.27. The summed E-state index contributed by atoms with van der Waals surface area (Å²) >= 11 is 0. The molecule has 0 amide bonds. The van der Waals surface area contributed by atoms with Gasteiger partial charge in [-0.15, -0.1) is 0 Å². The Morgan fingerprint density at radius 2 is 1.93 bits per heavy atom. The first-order valence-corrected chi connectivity index (χ1v) is 5.82. The Morgan fingerprint density at radius 1 is 1.27 bits per heavy atom. The van der Waals surface area contributed by atoms with E-state index in [4.69, 9.17) is 5.73 Å². The average molecular weight is 204 g/mol. The minimum absolute atomic E-state index is 0.0752. The van der Waals surface area contributed by atoms with E-state index in [2.05, 4.69) is 42.2 Å². The summed E-state index contributed by atoms with van der Waals surface area (Å²) in [6.45, 7) is 4.21. The third-order valence-electron chi connectivity index (χ3n) is 3.36. The summed E-state index contributed by atoms with van der Waals surface area (Å²) in [5.74, 6) is 0. The van der Waals surface area contributed by atoms with Crippen molar-refractivity contribution in [3.05, 3.63) is 30.3 Å². The molecule has 2 rings (SSSR count). The van der Waals surface area contributed by atoms with Gasteiger partial charge in [0.15, 0.2) is 0 Å². The zero-order chi connectivity index (χ0) is 10.7. The Bertz CT molecular complexity index is 304. The van der Waals surface area contributed by atoms with E-state index in [1.165, 1.54) is 24.9 Å². The zero-order valence-corrected chi connectivity index (χ0v) is 9.45. The lowest BCUT2D eigenvalue weighted by Gasteiger charge is -2.42. The smallest absolute Gasteiger partial charge is 0.0366 e. The van der Waals surface area contributed by atoms with Crippen molar-refractivity contribution in [2.75, 3.05) is 18.0 Å². The molecule has 2 N–H and O–H groups in total. The summed E-state index contributed by atoms with van der Waals surface area (Å²) in [6.07, 6.45) is 3.65. The van der Waals surface area contributed by atoms with Crippen LogP contribution in [0, 0.1) is 0 Å². The normalized spacial score (nSPS) is 18.3. The van der Waals surface area contributed by atoms with Crippen molar-refractivity contribution in [1.82, 2.24) is 0 Å². The van der Waals surface area contributed by atoms with Gasteiger partial charge in [0.25, 0.3) is 0 Å². The molecule has 1 aliphatic carbocycles. The third kappa shape index (κ3) is 2.32. The van der Waals surface area contributed by atoms with Gasteiger partial charge in [-0.05, 0) is 38.3 Å². The van der Waals surface area contributed by atoms with Crippen LogP contribution in [0.25, 0.3) is 0 Å². The molecule has 1 aromatic carbocycles. The molecule has 0 atom stereocenters. The van der Waals surface area contributed by atoms with Gasteiger partial charge in [-0.25, -0.2) is 0 Å². The number of para-hydroxylation sites is 1. The van der Waals surface area contributed by atoms with Crippen LogP contribution in [-0.2, 0) is 0 Å². The van der Waals surface area contributed by atoms with Gasteiger partial charge in [0.05, 0.1) is 0 Å². The monoisotopic (exact) mass is 204 g/mol. The first-order chi connectivity index (χ1) is 7.23. The van der Waals surface area contributed by atoms with Crippen molar-refractivity contribution >= 4 is 5.69 Å². The summed E-state index contributed by atoms with van der Waals surface area (Å²) in [6, 6.07) is 10.5. The summed E-state index contributed by atoms with van der Waals surface area (Å²) in [5.41, 5.74) is 7.64. The maximum atomic E-state index is 6.27. The molecule has 2 heteroatoms. The fraction of sp³-hybridized carbons (Fsp3) is 0.538. The fourth-order valence-electron chi connectivity index (χ4n) is 2.19. The molecule has 82 valence electrons. The van der Waals surface area contributed by atoms with E-state index in [0.29, 0.717) is 0 Å². The van der Waals surface area contributed by atoms with E-state index in [9.17, 15) is 0 Å². The summed E-state index contributed by atoms with van der Waals surface area (Å²) < 4.78 is 0. The number of benzene rings is 1. The number of nitrogens with two attached hydrogens (primary N) is 1. The predicted molar refractivity (Wildman–Crippen MR) is 65.1 cm³/mol. The number of hydrogen-bond donors (Lipinski definition) is 1. The van der Waals surface area contributed by atoms with Gasteiger partial charge in [0, 0.05) is 24.3 Å². The van der Waals surface area contributed by atoms with E-state index >= 15 is 0 Å². The van der Waals surface area contributed by atoms with Crippen molar-refractivity contribution in [3.63, 3.8) is 0 Å². The minimum Gasteiger partial charge on any atom is -0.370 e. The van der Waals surface area contributed by atoms with Gasteiger partial charge in [0.2, 0.25) is 0 Å². The van der Waals surface area contributed by atoms with Gasteiger partial charge in [-0.2, -0.15) is 0 Å². The second-order valence-electron chi connectivity index (χ2n) is 4.57. The van der Waals surface area contributed by atoms with E-state index in [-0.39, 0.29) is 5.54 Å². The molecular weight excluding hydrogens is 184 g/mol. The maximum Gasteiger partial charge on any atom is 0.0366 e. The highest BCUT2D eigenvalue weighted by Gasteiger charge is 2.33. The molecule has 0 unspecified atom stereocenters. The van der Waals surface area contributed by atoms with E-state index < -0.39 is 0 Å². The summed E-state index contributed by atoms with van der Waals surface area (Å²) in [5, 5.41) is 0. The quantitative estimate of drug-likeness (QED) is 0.816. The Kier molecular flexibility index (Phi) is 2.96. The van der Waals surface area contributed by atoms with Crippen LogP contribution >= 0.6 is 0 Å². The van der Waals surface area contributed by atoms with Crippen LogP contribution in [0.1, 0.15) is 26.2 Å². The predicted octanol–water partition coefficient (Wildman–Crippen LogP) is 2.39. The highest BCUT2D eigenvalue weighted by Crippen LogP contribution is 2.31. The van der Waals surface area contributed by atoms with Crippen LogP contribution in [0.4, 0.5) is 5.69 Å². The highest BCUT2D eigenvalue weighted by atomic mass is 15.1. The SMILES string of the molecule is CCN(CC1(N)CCC1)c1ccccc1. The standard InChI is InChI=1S/C13H20N2/c1-2-15(11-13(14)9-6-10-13)12-7-4-3-5-8-12/h3-5,7-8H,2,6,9-11,14H2,1H3. The number of hydrogen-bond acceptors (Lipinski definition) is 2. The number of anilines is 1. The lowest BCUT2D eigenvalue weighted by Crippen LogP contribution is -2.55. The molecule has 1 fully saturated rings. The van der Waals surface area contributed by atoms with Gasteiger partial charge in [0.1, 0.15) is 0 Å². The van der Waals surface area contributed by atoms with E-state index in [1.807, 2.05) is 0 Å². The van der Waals surface area contributed by atoms with Crippen LogP contribution in [0.15, 0.2) is 30.3 Å². The van der Waals surface area contributed by atoms with Gasteiger partial charge in [-0.1, -0.05) is 18.2 Å². The van der Waals surface area contributed by atoms with Crippen LogP contribution in [0.2, 0.25) is 0 Å². The molecule has 1 aromatic rings. The largest absolute Gasteiger partial charge is 0.370 e. The average Bonchev–Trinajstić information content (AvgIpc) is 2.25. The number of rotatable bonds is 4. The first-order valence-electron chi connectivity index (χ1n) is 5.82. The molecule has 0 heterocycles. The molecule has 0 saturated heterocycles. The van der Waals surface area contributed by atoms with Crippen LogP contribution in [0.5, 0.6) is 0 Å². The van der Waals surface area contributed by atoms with Crippen molar-refractivity contribution in [2.24, 2.45) is 5.73 Å². The van der Waals surface area contributed by atoms with E-state index in [0.717, 1.165) is 13.1 Å². The number of nitrogens with zero attached hydrogens (tertiary/aromatic N) is 1. The second kappa shape index (κ2) is 4.23. The molecule has 0 radical (unpaired) electrons. The molecule has 0 aliphatic heterocycles. The lowest BCUT2D eigenvalue weighted by molar-refractivity contribution is 0.253.